The molecule has 8 nitrogen and oxygen atoms in total. The average Bonchev–Trinajstić information content (AvgIpc) is 2.73. The van der Waals surface area contributed by atoms with E-state index in [1.54, 1.807) is 24.3 Å². The van der Waals surface area contributed by atoms with Crippen molar-refractivity contribution >= 4 is 29.1 Å². The fraction of sp³-hybridized carbons (Fsp3) is 0.571. The molecule has 0 unspecified atom stereocenters. The van der Waals surface area contributed by atoms with Gasteiger partial charge in [0.15, 0.2) is 0 Å². The molecular weight excluding hydrogens is 372 g/mol. The Hall–Kier alpha value is -2.45. The van der Waals surface area contributed by atoms with E-state index in [4.69, 9.17) is 4.74 Å². The highest BCUT2D eigenvalue weighted by Crippen LogP contribution is 2.22. The van der Waals surface area contributed by atoms with E-state index in [2.05, 4.69) is 20.9 Å². The Labute approximate surface area is 171 Å². The molecule has 8 heteroatoms. The lowest BCUT2D eigenvalue weighted by Crippen LogP contribution is -2.46. The summed E-state index contributed by atoms with van der Waals surface area (Å²) in [6.45, 7) is 5.69. The van der Waals surface area contributed by atoms with E-state index < -0.39 is 11.8 Å². The number of hydrogen-bond donors (Lipinski definition) is 3. The zero-order chi connectivity index (χ0) is 20.6. The summed E-state index contributed by atoms with van der Waals surface area (Å²) >= 11 is 0. The summed E-state index contributed by atoms with van der Waals surface area (Å²) in [5.74, 6) is -1.15. The molecule has 2 aliphatic heterocycles. The van der Waals surface area contributed by atoms with Crippen molar-refractivity contribution in [2.45, 2.75) is 38.6 Å². The van der Waals surface area contributed by atoms with Gasteiger partial charge in [-0.25, -0.2) is 0 Å². The quantitative estimate of drug-likeness (QED) is 0.650. The molecule has 2 saturated heterocycles. The van der Waals surface area contributed by atoms with Crippen LogP contribution in [0.5, 0.6) is 0 Å². The van der Waals surface area contributed by atoms with Gasteiger partial charge in [0.1, 0.15) is 0 Å². The van der Waals surface area contributed by atoms with Crippen LogP contribution in [0.4, 0.5) is 11.4 Å². The normalized spacial score (nSPS) is 18.8. The van der Waals surface area contributed by atoms with Gasteiger partial charge in [0, 0.05) is 44.1 Å². The van der Waals surface area contributed by atoms with Crippen molar-refractivity contribution in [3.05, 3.63) is 24.3 Å². The summed E-state index contributed by atoms with van der Waals surface area (Å²) in [7, 11) is 0. The van der Waals surface area contributed by atoms with Crippen LogP contribution in [0.15, 0.2) is 24.3 Å². The van der Waals surface area contributed by atoms with Gasteiger partial charge in [0.25, 0.3) is 0 Å². The molecule has 1 aromatic rings. The van der Waals surface area contributed by atoms with E-state index >= 15 is 0 Å². The van der Waals surface area contributed by atoms with Crippen molar-refractivity contribution in [2.24, 2.45) is 5.92 Å². The third-order valence-corrected chi connectivity index (χ3v) is 5.55. The molecule has 0 saturated carbocycles. The molecule has 29 heavy (non-hydrogen) atoms. The average molecular weight is 402 g/mol. The van der Waals surface area contributed by atoms with Crippen molar-refractivity contribution in [2.75, 3.05) is 43.5 Å². The number of carbonyl (C=O) groups is 3. The lowest BCUT2D eigenvalue weighted by atomic mass is 9.94. The fourth-order valence-corrected chi connectivity index (χ4v) is 3.96. The third-order valence-electron chi connectivity index (χ3n) is 5.55. The van der Waals surface area contributed by atoms with Crippen molar-refractivity contribution in [1.29, 1.82) is 0 Å². The molecule has 3 N–H and O–H groups in total. The summed E-state index contributed by atoms with van der Waals surface area (Å²) < 4.78 is 5.43. The monoisotopic (exact) mass is 402 g/mol. The molecule has 2 aliphatic rings. The number of carbonyl (C=O) groups excluding carboxylic acids is 3. The molecule has 158 valence electrons. The van der Waals surface area contributed by atoms with Crippen molar-refractivity contribution in [3.63, 3.8) is 0 Å². The minimum Gasteiger partial charge on any atom is -0.381 e. The summed E-state index contributed by atoms with van der Waals surface area (Å²) in [6, 6.07) is 7.31. The SMILES string of the molecule is CC(=O)Nc1cccc(NC(=O)C(=O)NCC2CCN(C3CCOCC3)CC2)c1. The van der Waals surface area contributed by atoms with Gasteiger partial charge < -0.3 is 25.6 Å². The first-order valence-corrected chi connectivity index (χ1v) is 10.3. The first kappa shape index (κ1) is 21.3. The van der Waals surface area contributed by atoms with E-state index in [0.717, 1.165) is 52.0 Å². The van der Waals surface area contributed by atoms with Gasteiger partial charge in [-0.2, -0.15) is 0 Å². The topological polar surface area (TPSA) is 99.8 Å². The molecule has 0 radical (unpaired) electrons. The van der Waals surface area contributed by atoms with Gasteiger partial charge in [0.2, 0.25) is 5.91 Å². The number of benzene rings is 1. The number of piperidine rings is 1. The van der Waals surface area contributed by atoms with Crippen molar-refractivity contribution < 1.29 is 19.1 Å². The van der Waals surface area contributed by atoms with Crippen LogP contribution in [0.2, 0.25) is 0 Å². The molecule has 3 rings (SSSR count). The number of amides is 3. The van der Waals surface area contributed by atoms with Crippen molar-refractivity contribution in [3.8, 4) is 0 Å². The van der Waals surface area contributed by atoms with Crippen LogP contribution in [0.25, 0.3) is 0 Å². The Kier molecular flexibility index (Phi) is 7.60. The van der Waals surface area contributed by atoms with Crippen LogP contribution in [-0.2, 0) is 19.1 Å². The van der Waals surface area contributed by atoms with Gasteiger partial charge in [-0.3, -0.25) is 14.4 Å². The molecule has 0 bridgehead atoms. The molecule has 2 heterocycles. The Morgan fingerprint density at radius 2 is 1.66 bits per heavy atom. The Morgan fingerprint density at radius 3 is 2.31 bits per heavy atom. The van der Waals surface area contributed by atoms with E-state index in [0.29, 0.717) is 29.9 Å². The number of ether oxygens (including phenoxy) is 1. The zero-order valence-corrected chi connectivity index (χ0v) is 16.9. The first-order chi connectivity index (χ1) is 14.0. The van der Waals surface area contributed by atoms with Crippen LogP contribution in [0.1, 0.15) is 32.6 Å². The first-order valence-electron chi connectivity index (χ1n) is 10.3. The highest BCUT2D eigenvalue weighted by atomic mass is 16.5. The highest BCUT2D eigenvalue weighted by Gasteiger charge is 2.27. The maximum Gasteiger partial charge on any atom is 0.313 e. The molecule has 2 fully saturated rings. The second-order valence-electron chi connectivity index (χ2n) is 7.75. The summed E-state index contributed by atoms with van der Waals surface area (Å²) in [4.78, 5) is 38.0. The Morgan fingerprint density at radius 1 is 1.00 bits per heavy atom. The maximum atomic E-state index is 12.1. The molecule has 3 amide bonds. The number of likely N-dealkylation sites (tertiary alicyclic amines) is 1. The van der Waals surface area contributed by atoms with Gasteiger partial charge in [-0.1, -0.05) is 6.07 Å². The number of hydrogen-bond acceptors (Lipinski definition) is 5. The molecule has 0 spiro atoms. The predicted molar refractivity (Wildman–Crippen MR) is 111 cm³/mol. The van der Waals surface area contributed by atoms with Crippen LogP contribution < -0.4 is 16.0 Å². The number of nitrogens with one attached hydrogen (secondary N) is 3. The summed E-state index contributed by atoms with van der Waals surface area (Å²) in [5, 5.41) is 7.97. The molecule has 0 aliphatic carbocycles. The van der Waals surface area contributed by atoms with Crippen LogP contribution in [0.3, 0.4) is 0 Å². The predicted octanol–water partition coefficient (Wildman–Crippen LogP) is 1.59. The van der Waals surface area contributed by atoms with E-state index in [1.807, 2.05) is 0 Å². The standard InChI is InChI=1S/C21H30N4O4/c1-15(26)23-17-3-2-4-18(13-17)24-21(28)20(27)22-14-16-5-9-25(10-6-16)19-7-11-29-12-8-19/h2-4,13,16,19H,5-12,14H2,1H3,(H,22,27)(H,23,26)(H,24,28). The summed E-state index contributed by atoms with van der Waals surface area (Å²) in [6.07, 6.45) is 4.26. The highest BCUT2D eigenvalue weighted by molar-refractivity contribution is 6.39. The molecule has 0 atom stereocenters. The maximum absolute atomic E-state index is 12.1. The molecule has 0 aromatic heterocycles. The van der Waals surface area contributed by atoms with Gasteiger partial charge >= 0.3 is 11.8 Å². The van der Waals surface area contributed by atoms with E-state index in [-0.39, 0.29) is 5.91 Å². The Bertz CT molecular complexity index is 725. The van der Waals surface area contributed by atoms with Crippen LogP contribution in [-0.4, -0.2) is 61.5 Å². The molecular formula is C21H30N4O4. The van der Waals surface area contributed by atoms with Gasteiger partial charge in [-0.15, -0.1) is 0 Å². The zero-order valence-electron chi connectivity index (χ0n) is 16.9. The minimum atomic E-state index is -0.704. The molecule has 1 aromatic carbocycles. The second kappa shape index (κ2) is 10.4. The van der Waals surface area contributed by atoms with Gasteiger partial charge in [0.05, 0.1) is 0 Å². The van der Waals surface area contributed by atoms with E-state index in [1.165, 1.54) is 6.92 Å². The van der Waals surface area contributed by atoms with Crippen LogP contribution >= 0.6 is 0 Å². The van der Waals surface area contributed by atoms with Gasteiger partial charge in [-0.05, 0) is 62.9 Å². The Balaban J connectivity index is 1.39. The number of nitrogens with zero attached hydrogens (tertiary/aromatic N) is 1. The smallest absolute Gasteiger partial charge is 0.313 e. The third kappa shape index (κ3) is 6.54. The lowest BCUT2D eigenvalue weighted by Gasteiger charge is -2.39. The number of anilines is 2. The minimum absolute atomic E-state index is 0.200. The number of rotatable bonds is 5. The fourth-order valence-electron chi connectivity index (χ4n) is 3.96. The second-order valence-corrected chi connectivity index (χ2v) is 7.75. The largest absolute Gasteiger partial charge is 0.381 e. The lowest BCUT2D eigenvalue weighted by molar-refractivity contribution is -0.136. The summed E-state index contributed by atoms with van der Waals surface area (Å²) in [5.41, 5.74) is 1.02. The van der Waals surface area contributed by atoms with Crippen molar-refractivity contribution in [1.82, 2.24) is 10.2 Å². The van der Waals surface area contributed by atoms with Crippen LogP contribution in [0, 0.1) is 5.92 Å². The van der Waals surface area contributed by atoms with E-state index in [9.17, 15) is 14.4 Å².